The smallest absolute Gasteiger partial charge is 0.407 e. The van der Waals surface area contributed by atoms with Crippen molar-refractivity contribution in [2.45, 2.75) is 45.6 Å². The first-order chi connectivity index (χ1) is 29.5. The Bertz CT molecular complexity index is 2810. The number of non-ortho nitro benzene ring substituents is 1. The highest BCUT2D eigenvalue weighted by Crippen LogP contribution is 2.29. The number of aromatic nitrogens is 2. The Morgan fingerprint density at radius 1 is 0.746 bits per heavy atom. The largest absolute Gasteiger partial charge is 0.493 e. The monoisotopic (exact) mass is 894 g/mol. The Balaban J connectivity index is 0.00000374. The first-order valence-corrected chi connectivity index (χ1v) is 20.2. The number of fused-ring (bicyclic) bond motifs is 4. The number of hydrogen-bond donors (Lipinski definition) is 4. The average molecular weight is 896 g/mol. The Morgan fingerprint density at radius 3 is 1.86 bits per heavy atom. The van der Waals surface area contributed by atoms with E-state index in [0.717, 1.165) is 43.7 Å². The van der Waals surface area contributed by atoms with E-state index in [4.69, 9.17) is 14.7 Å². The molecule has 5 aromatic carbocycles. The van der Waals surface area contributed by atoms with Crippen LogP contribution in [-0.4, -0.2) is 86.8 Å². The molecule has 7 aromatic rings. The van der Waals surface area contributed by atoms with Crippen molar-refractivity contribution in [3.05, 3.63) is 141 Å². The quantitative estimate of drug-likeness (QED) is 0.0297. The van der Waals surface area contributed by atoms with Gasteiger partial charge in [0.2, 0.25) is 0 Å². The molecule has 7 rings (SSSR count). The number of nitro groups is 1. The molecule has 2 heterocycles. The van der Waals surface area contributed by atoms with Crippen molar-refractivity contribution >= 4 is 92.0 Å². The highest BCUT2D eigenvalue weighted by Gasteiger charge is 2.23. The van der Waals surface area contributed by atoms with Crippen molar-refractivity contribution in [3.63, 3.8) is 0 Å². The highest BCUT2D eigenvalue weighted by molar-refractivity contribution is 6.09. The third-order valence-corrected chi connectivity index (χ3v) is 10.8. The second-order valence-corrected chi connectivity index (χ2v) is 15.0. The van der Waals surface area contributed by atoms with Gasteiger partial charge in [-0.1, -0.05) is 60.7 Å². The number of aryl methyl sites for hydroxylation is 2. The lowest BCUT2D eigenvalue weighted by Crippen LogP contribution is -2.41. The van der Waals surface area contributed by atoms with Crippen LogP contribution in [0.15, 0.2) is 103 Å². The van der Waals surface area contributed by atoms with E-state index >= 15 is 0 Å². The molecule has 2 aromatic heterocycles. The van der Waals surface area contributed by atoms with Crippen LogP contribution < -0.4 is 15.4 Å². The number of para-hydroxylation sites is 4. The number of carbonyl (C=O) groups excluding carboxylic acids is 2. The molecule has 0 aliphatic rings. The highest BCUT2D eigenvalue weighted by atomic mass is 35.5. The molecule has 16 heteroatoms. The summed E-state index contributed by atoms with van der Waals surface area (Å²) < 4.78 is 5.87. The van der Waals surface area contributed by atoms with Crippen LogP contribution >= 0.6 is 24.8 Å². The molecule has 0 aliphatic carbocycles. The molecular weight excluding hydrogens is 847 g/mol. The van der Waals surface area contributed by atoms with Crippen LogP contribution in [-0.2, 0) is 6.42 Å². The van der Waals surface area contributed by atoms with E-state index < -0.39 is 23.0 Å². The Kier molecular flexibility index (Phi) is 16.2. The molecule has 0 spiro atoms. The van der Waals surface area contributed by atoms with Gasteiger partial charge in [0.15, 0.2) is 0 Å². The third kappa shape index (κ3) is 11.1. The van der Waals surface area contributed by atoms with E-state index in [1.807, 2.05) is 80.6 Å². The zero-order valence-corrected chi connectivity index (χ0v) is 36.3. The number of hydrogen-bond acceptors (Lipinski definition) is 9. The fraction of sp³-hybridized carbons (Fsp3) is 0.255. The molecule has 0 aliphatic heterocycles. The van der Waals surface area contributed by atoms with Crippen LogP contribution in [0, 0.1) is 24.0 Å². The maximum absolute atomic E-state index is 14.2. The van der Waals surface area contributed by atoms with Crippen LogP contribution in [0.2, 0.25) is 0 Å². The molecule has 0 radical (unpaired) electrons. The van der Waals surface area contributed by atoms with Crippen molar-refractivity contribution < 1.29 is 34.3 Å². The first-order valence-electron chi connectivity index (χ1n) is 20.2. The molecule has 3 amide bonds. The second-order valence-electron chi connectivity index (χ2n) is 15.0. The van der Waals surface area contributed by atoms with Gasteiger partial charge in [0.1, 0.15) is 5.75 Å². The van der Waals surface area contributed by atoms with Crippen LogP contribution in [0.3, 0.4) is 0 Å². The number of aliphatic hydroxyl groups excluding tert-OH is 1. The summed E-state index contributed by atoms with van der Waals surface area (Å²) in [5, 5.41) is 40.8. The number of aliphatic hydroxyl groups is 1. The third-order valence-electron chi connectivity index (χ3n) is 10.8. The Labute approximate surface area is 375 Å². The number of benzene rings is 5. The Morgan fingerprint density at radius 2 is 1.30 bits per heavy atom. The van der Waals surface area contributed by atoms with Gasteiger partial charge in [0.05, 0.1) is 50.8 Å². The predicted octanol–water partition coefficient (Wildman–Crippen LogP) is 8.75. The molecule has 0 bridgehead atoms. The normalized spacial score (nSPS) is 11.4. The molecular formula is C47H48Cl2N6O8. The topological polar surface area (TPSA) is 197 Å². The van der Waals surface area contributed by atoms with Crippen LogP contribution in [0.5, 0.6) is 5.75 Å². The van der Waals surface area contributed by atoms with E-state index in [1.165, 1.54) is 17.0 Å². The summed E-state index contributed by atoms with van der Waals surface area (Å²) in [4.78, 5) is 62.2. The van der Waals surface area contributed by atoms with Crippen LogP contribution in [0.1, 0.15) is 56.7 Å². The van der Waals surface area contributed by atoms with E-state index in [2.05, 4.69) is 10.6 Å². The lowest BCUT2D eigenvalue weighted by Gasteiger charge is -2.25. The maximum Gasteiger partial charge on any atom is 0.407 e. The summed E-state index contributed by atoms with van der Waals surface area (Å²) in [7, 11) is 0. The number of rotatable bonds is 17. The number of halogens is 2. The van der Waals surface area contributed by atoms with Gasteiger partial charge in [-0.3, -0.25) is 19.7 Å². The summed E-state index contributed by atoms with van der Waals surface area (Å²) in [6.07, 6.45) is -0.229. The van der Waals surface area contributed by atoms with Crippen LogP contribution in [0.25, 0.3) is 43.6 Å². The standard InChI is InChI=1S/C47H46N6O8.2ClH/c1-29-9-3-11-32-25-34-13-5-15-38(43(34)50-41(29)32)45(55)48-20-7-21-52(47(57)58)22-19-36(27-31-17-18-37(53(59)60)28-40(31)61-24-8-23-54)49-46(56)39-16-6-14-35-26-33-12-4-10-30(2)42(33)51-44(35)39;;/h3-6,9-18,25-26,28,36,54H,7-8,19-24,27H2,1-2H3,(H,48,55)(H,49,56)(H,57,58);2*1H. The minimum absolute atomic E-state index is 0. The van der Waals surface area contributed by atoms with Crippen molar-refractivity contribution in [2.75, 3.05) is 32.8 Å². The van der Waals surface area contributed by atoms with E-state index in [9.17, 15) is 34.7 Å². The van der Waals surface area contributed by atoms with Gasteiger partial charge in [0, 0.05) is 66.3 Å². The molecule has 14 nitrogen and oxygen atoms in total. The number of nitro benzene ring substituents is 1. The summed E-state index contributed by atoms with van der Waals surface area (Å²) >= 11 is 0. The summed E-state index contributed by atoms with van der Waals surface area (Å²) in [5.74, 6) is -0.510. The summed E-state index contributed by atoms with van der Waals surface area (Å²) in [5.41, 5.74) is 5.78. The number of carbonyl (C=O) groups is 3. The fourth-order valence-electron chi connectivity index (χ4n) is 7.57. The molecule has 0 fully saturated rings. The van der Waals surface area contributed by atoms with E-state index in [0.29, 0.717) is 40.6 Å². The van der Waals surface area contributed by atoms with Gasteiger partial charge in [-0.2, -0.15) is 0 Å². The summed E-state index contributed by atoms with van der Waals surface area (Å²) in [6.45, 7) is 4.22. The van der Waals surface area contributed by atoms with Crippen LogP contribution in [0.4, 0.5) is 10.5 Å². The van der Waals surface area contributed by atoms with Gasteiger partial charge in [-0.25, -0.2) is 14.8 Å². The zero-order chi connectivity index (χ0) is 43.0. The van der Waals surface area contributed by atoms with Gasteiger partial charge in [-0.15, -0.1) is 24.8 Å². The van der Waals surface area contributed by atoms with E-state index in [1.54, 1.807) is 24.3 Å². The summed E-state index contributed by atoms with van der Waals surface area (Å²) in [6, 6.07) is 30.2. The molecule has 328 valence electrons. The maximum atomic E-state index is 14.2. The van der Waals surface area contributed by atoms with Gasteiger partial charge < -0.3 is 30.5 Å². The Hall–Kier alpha value is -6.61. The number of nitrogens with zero attached hydrogens (tertiary/aromatic N) is 4. The molecule has 1 atom stereocenters. The van der Waals surface area contributed by atoms with E-state index in [-0.39, 0.29) is 87.8 Å². The zero-order valence-electron chi connectivity index (χ0n) is 34.7. The molecule has 0 saturated carbocycles. The molecule has 1 unspecified atom stereocenters. The number of carboxylic acid groups (broad SMARTS) is 1. The fourth-order valence-corrected chi connectivity index (χ4v) is 7.57. The van der Waals surface area contributed by atoms with Gasteiger partial charge in [0.25, 0.3) is 17.5 Å². The number of nitrogens with one attached hydrogen (secondary N) is 2. The number of amides is 3. The lowest BCUT2D eigenvalue weighted by atomic mass is 10.00. The van der Waals surface area contributed by atoms with Crippen molar-refractivity contribution in [1.82, 2.24) is 25.5 Å². The van der Waals surface area contributed by atoms with Crippen molar-refractivity contribution in [2.24, 2.45) is 0 Å². The first kappa shape index (κ1) is 47.4. The number of ether oxygens (including phenoxy) is 1. The minimum Gasteiger partial charge on any atom is -0.493 e. The SMILES string of the molecule is Cc1cccc2cc3cccc(C(=O)NCCCN(CCC(Cc4ccc([N+](=O)[O-])cc4OCCCO)NC(=O)c4cccc5cc6cccc(C)c6nc45)C(=O)O)c3nc12.Cl.Cl. The van der Waals surface area contributed by atoms with Gasteiger partial charge >= 0.3 is 6.09 Å². The average Bonchev–Trinajstić information content (AvgIpc) is 3.25. The van der Waals surface area contributed by atoms with Gasteiger partial charge in [-0.05, 0) is 80.1 Å². The van der Waals surface area contributed by atoms with Crippen molar-refractivity contribution in [1.29, 1.82) is 0 Å². The minimum atomic E-state index is -1.17. The lowest BCUT2D eigenvalue weighted by molar-refractivity contribution is -0.385. The van der Waals surface area contributed by atoms with Crippen molar-refractivity contribution in [3.8, 4) is 5.75 Å². The predicted molar refractivity (Wildman–Crippen MR) is 249 cm³/mol. The molecule has 63 heavy (non-hydrogen) atoms. The molecule has 4 N–H and O–H groups in total. The number of pyridine rings is 2. The molecule has 0 saturated heterocycles. The second kappa shape index (κ2) is 21.5.